The summed E-state index contributed by atoms with van der Waals surface area (Å²) in [4.78, 5) is 22.7. The molecule has 0 unspecified atom stereocenters. The number of aryl methyl sites for hydroxylation is 2. The minimum atomic E-state index is -0.104. The van der Waals surface area contributed by atoms with Crippen molar-refractivity contribution in [1.82, 2.24) is 15.3 Å². The molecule has 3 rings (SSSR count). The average Bonchev–Trinajstić information content (AvgIpc) is 3.12. The Bertz CT molecular complexity index is 843. The van der Waals surface area contributed by atoms with Crippen molar-refractivity contribution in [3.63, 3.8) is 0 Å². The number of hydrogen-bond donors (Lipinski definition) is 2. The Kier molecular flexibility index (Phi) is 4.53. The van der Waals surface area contributed by atoms with Crippen LogP contribution >= 0.6 is 23.1 Å². The lowest BCUT2D eigenvalue weighted by Gasteiger charge is -2.04. The van der Waals surface area contributed by atoms with Gasteiger partial charge < -0.3 is 15.5 Å². The summed E-state index contributed by atoms with van der Waals surface area (Å²) in [5, 5.41) is 4.22. The summed E-state index contributed by atoms with van der Waals surface area (Å²) in [6.07, 6.45) is 1.58. The van der Waals surface area contributed by atoms with Gasteiger partial charge in [0.15, 0.2) is 5.16 Å². The summed E-state index contributed by atoms with van der Waals surface area (Å²) in [7, 11) is 0. The molecule has 0 aliphatic carbocycles. The predicted octanol–water partition coefficient (Wildman–Crippen LogP) is 2.89. The van der Waals surface area contributed by atoms with E-state index in [-0.39, 0.29) is 11.7 Å². The van der Waals surface area contributed by atoms with Crippen LogP contribution in [0.15, 0.2) is 28.0 Å². The number of carbonyl (C=O) groups excluding carboxylic acids is 1. The van der Waals surface area contributed by atoms with Gasteiger partial charge >= 0.3 is 0 Å². The molecule has 6 nitrogen and oxygen atoms in total. The number of rotatable bonds is 5. The fraction of sp³-hybridized carbons (Fsp3) is 0.267. The van der Waals surface area contributed by atoms with E-state index in [1.807, 2.05) is 19.9 Å². The molecule has 3 aromatic rings. The van der Waals surface area contributed by atoms with E-state index < -0.39 is 0 Å². The first kappa shape index (κ1) is 15.8. The fourth-order valence-corrected chi connectivity index (χ4v) is 3.88. The SMILES string of the molecule is Cc1sc2nc(SCC(=O)NCc3ccco3)nc(N)c2c1C. The van der Waals surface area contributed by atoms with E-state index in [4.69, 9.17) is 10.2 Å². The van der Waals surface area contributed by atoms with E-state index in [1.165, 1.54) is 16.6 Å². The molecule has 3 N–H and O–H groups in total. The van der Waals surface area contributed by atoms with Gasteiger partial charge in [0.05, 0.1) is 23.9 Å². The monoisotopic (exact) mass is 348 g/mol. The van der Waals surface area contributed by atoms with E-state index in [1.54, 1.807) is 23.7 Å². The number of nitrogen functional groups attached to an aromatic ring is 1. The largest absolute Gasteiger partial charge is 0.467 e. The van der Waals surface area contributed by atoms with Crippen molar-refractivity contribution in [3.05, 3.63) is 34.6 Å². The molecule has 0 aliphatic rings. The molecule has 0 bridgehead atoms. The Morgan fingerprint density at radius 1 is 1.43 bits per heavy atom. The van der Waals surface area contributed by atoms with Gasteiger partial charge in [0, 0.05) is 4.88 Å². The third kappa shape index (κ3) is 3.48. The maximum atomic E-state index is 11.9. The van der Waals surface area contributed by atoms with Crippen LogP contribution in [0.5, 0.6) is 0 Å². The highest BCUT2D eigenvalue weighted by Crippen LogP contribution is 2.33. The van der Waals surface area contributed by atoms with Crippen LogP contribution < -0.4 is 11.1 Å². The van der Waals surface area contributed by atoms with Crippen LogP contribution in [-0.2, 0) is 11.3 Å². The lowest BCUT2D eigenvalue weighted by atomic mass is 10.2. The second-order valence-corrected chi connectivity index (χ2v) is 7.15. The van der Waals surface area contributed by atoms with Gasteiger partial charge in [-0.1, -0.05) is 11.8 Å². The number of anilines is 1. The van der Waals surface area contributed by atoms with Crippen LogP contribution in [0.2, 0.25) is 0 Å². The Morgan fingerprint density at radius 2 is 2.26 bits per heavy atom. The van der Waals surface area contributed by atoms with Crippen LogP contribution in [0.25, 0.3) is 10.2 Å². The number of hydrogen-bond acceptors (Lipinski definition) is 7. The van der Waals surface area contributed by atoms with E-state index in [2.05, 4.69) is 15.3 Å². The first-order chi connectivity index (χ1) is 11.0. The van der Waals surface area contributed by atoms with Crippen LogP contribution in [0.3, 0.4) is 0 Å². The molecular formula is C15H16N4O2S2. The third-order valence-electron chi connectivity index (χ3n) is 3.41. The van der Waals surface area contributed by atoms with Crippen molar-refractivity contribution in [3.8, 4) is 0 Å². The number of fused-ring (bicyclic) bond motifs is 1. The minimum Gasteiger partial charge on any atom is -0.467 e. The molecule has 1 amide bonds. The highest BCUT2D eigenvalue weighted by Gasteiger charge is 2.13. The minimum absolute atomic E-state index is 0.104. The Labute approximate surface area is 141 Å². The maximum absolute atomic E-state index is 11.9. The average molecular weight is 348 g/mol. The first-order valence-corrected chi connectivity index (χ1v) is 8.80. The third-order valence-corrected chi connectivity index (χ3v) is 5.36. The lowest BCUT2D eigenvalue weighted by molar-refractivity contribution is -0.118. The standard InChI is InChI=1S/C15H16N4O2S2/c1-8-9(2)23-14-12(8)13(16)18-15(19-14)22-7-11(20)17-6-10-4-3-5-21-10/h3-5H,6-7H2,1-2H3,(H,17,20)(H2,16,18,19). The van der Waals surface area contributed by atoms with Crippen molar-refractivity contribution in [1.29, 1.82) is 0 Å². The van der Waals surface area contributed by atoms with E-state index in [0.717, 1.165) is 21.5 Å². The summed E-state index contributed by atoms with van der Waals surface area (Å²) < 4.78 is 5.16. The number of thiophene rings is 1. The zero-order valence-corrected chi connectivity index (χ0v) is 14.4. The molecule has 0 aromatic carbocycles. The van der Waals surface area contributed by atoms with Gasteiger partial charge in [0.25, 0.3) is 0 Å². The number of nitrogens with two attached hydrogens (primary N) is 1. The molecule has 23 heavy (non-hydrogen) atoms. The molecule has 3 aromatic heterocycles. The van der Waals surface area contributed by atoms with Crippen LogP contribution in [0.4, 0.5) is 5.82 Å². The second kappa shape index (κ2) is 6.59. The molecule has 0 atom stereocenters. The Hall–Kier alpha value is -2.06. The summed E-state index contributed by atoms with van der Waals surface area (Å²) >= 11 is 2.86. The molecule has 0 saturated heterocycles. The zero-order chi connectivity index (χ0) is 16.4. The van der Waals surface area contributed by atoms with Gasteiger partial charge in [0.2, 0.25) is 5.91 Å². The van der Waals surface area contributed by atoms with Gasteiger partial charge in [-0.2, -0.15) is 0 Å². The topological polar surface area (TPSA) is 94.0 Å². The van der Waals surface area contributed by atoms with Crippen molar-refractivity contribution >= 4 is 45.0 Å². The summed E-state index contributed by atoms with van der Waals surface area (Å²) in [5.74, 6) is 1.31. The van der Waals surface area contributed by atoms with E-state index in [9.17, 15) is 4.79 Å². The molecule has 0 radical (unpaired) electrons. The van der Waals surface area contributed by atoms with Gasteiger partial charge in [-0.15, -0.1) is 11.3 Å². The molecule has 3 heterocycles. The number of thioether (sulfide) groups is 1. The van der Waals surface area contributed by atoms with Gasteiger partial charge in [-0.05, 0) is 31.5 Å². The quantitative estimate of drug-likeness (QED) is 0.544. The molecule has 0 fully saturated rings. The lowest BCUT2D eigenvalue weighted by Crippen LogP contribution is -2.24. The van der Waals surface area contributed by atoms with E-state index in [0.29, 0.717) is 17.5 Å². The number of amides is 1. The molecule has 120 valence electrons. The van der Waals surface area contributed by atoms with E-state index >= 15 is 0 Å². The Balaban J connectivity index is 1.64. The number of nitrogens with zero attached hydrogens (tertiary/aromatic N) is 2. The second-order valence-electron chi connectivity index (χ2n) is 5.00. The smallest absolute Gasteiger partial charge is 0.230 e. The van der Waals surface area contributed by atoms with Crippen molar-refractivity contribution in [2.24, 2.45) is 0 Å². The predicted molar refractivity (Wildman–Crippen MR) is 92.6 cm³/mol. The van der Waals surface area contributed by atoms with Crippen LogP contribution in [0, 0.1) is 13.8 Å². The van der Waals surface area contributed by atoms with Gasteiger partial charge in [-0.25, -0.2) is 9.97 Å². The van der Waals surface area contributed by atoms with Crippen molar-refractivity contribution in [2.45, 2.75) is 25.5 Å². The number of furan rings is 1. The summed E-state index contributed by atoms with van der Waals surface area (Å²) in [5.41, 5.74) is 7.15. The highest BCUT2D eigenvalue weighted by atomic mass is 32.2. The molecule has 8 heteroatoms. The summed E-state index contributed by atoms with van der Waals surface area (Å²) in [6, 6.07) is 3.60. The van der Waals surface area contributed by atoms with Crippen LogP contribution in [-0.4, -0.2) is 21.6 Å². The summed E-state index contributed by atoms with van der Waals surface area (Å²) in [6.45, 7) is 4.43. The van der Waals surface area contributed by atoms with Gasteiger partial charge in [0.1, 0.15) is 16.4 Å². The Morgan fingerprint density at radius 3 is 3.00 bits per heavy atom. The highest BCUT2D eigenvalue weighted by molar-refractivity contribution is 7.99. The van der Waals surface area contributed by atoms with Crippen molar-refractivity contribution < 1.29 is 9.21 Å². The normalized spacial score (nSPS) is 11.0. The van der Waals surface area contributed by atoms with Crippen LogP contribution in [0.1, 0.15) is 16.2 Å². The molecule has 0 spiro atoms. The molecule has 0 saturated carbocycles. The van der Waals surface area contributed by atoms with Gasteiger partial charge in [-0.3, -0.25) is 4.79 Å². The molecular weight excluding hydrogens is 332 g/mol. The fourth-order valence-electron chi connectivity index (χ4n) is 2.10. The first-order valence-electron chi connectivity index (χ1n) is 6.99. The number of carbonyl (C=O) groups is 1. The number of aromatic nitrogens is 2. The number of nitrogens with one attached hydrogen (secondary N) is 1. The zero-order valence-electron chi connectivity index (χ0n) is 12.8. The van der Waals surface area contributed by atoms with Crippen molar-refractivity contribution in [2.75, 3.05) is 11.5 Å². The molecule has 0 aliphatic heterocycles. The maximum Gasteiger partial charge on any atom is 0.230 e.